The van der Waals surface area contributed by atoms with E-state index in [0.717, 1.165) is 0 Å². The van der Waals surface area contributed by atoms with E-state index in [2.05, 4.69) is 22.2 Å². The van der Waals surface area contributed by atoms with E-state index in [-0.39, 0.29) is 27.4 Å². The lowest BCUT2D eigenvalue weighted by Gasteiger charge is -2.10. The van der Waals surface area contributed by atoms with Gasteiger partial charge in [-0.25, -0.2) is 9.78 Å². The van der Waals surface area contributed by atoms with E-state index in [9.17, 15) is 9.59 Å². The summed E-state index contributed by atoms with van der Waals surface area (Å²) in [5, 5.41) is 4.47. The predicted molar refractivity (Wildman–Crippen MR) is 75.1 cm³/mol. The molecule has 0 radical (unpaired) electrons. The molecular weight excluding hydrogens is 312 g/mol. The van der Waals surface area contributed by atoms with Gasteiger partial charge in [0.2, 0.25) is 0 Å². The molecule has 0 aliphatic carbocycles. The third kappa shape index (κ3) is 3.83. The molecule has 1 rings (SSSR count). The minimum absolute atomic E-state index is 0.00294. The first kappa shape index (κ1) is 15.8. The van der Waals surface area contributed by atoms with Gasteiger partial charge in [0.05, 0.1) is 10.6 Å². The van der Waals surface area contributed by atoms with E-state index in [1.165, 1.54) is 6.08 Å². The monoisotopic (exact) mass is 321 g/mol. The zero-order chi connectivity index (χ0) is 14.6. The Balaban J connectivity index is 2.98. The second kappa shape index (κ2) is 6.75. The Kier molecular flexibility index (Phi) is 5.60. The highest BCUT2D eigenvalue weighted by Crippen LogP contribution is 2.30. The van der Waals surface area contributed by atoms with Crippen molar-refractivity contribution in [2.75, 3.05) is 6.54 Å². The van der Waals surface area contributed by atoms with Crippen LogP contribution in [0.1, 0.15) is 15.9 Å². The summed E-state index contributed by atoms with van der Waals surface area (Å²) in [5.74, 6) is -0.713. The Morgan fingerprint density at radius 1 is 1.32 bits per heavy atom. The number of aromatic nitrogens is 1. The summed E-state index contributed by atoms with van der Waals surface area (Å²) in [4.78, 5) is 27.0. The normalized spacial score (nSPS) is 9.89. The number of nitrogens with one attached hydrogen (secondary N) is 2. The molecule has 0 spiro atoms. The molecule has 0 atom stereocenters. The zero-order valence-electron chi connectivity index (χ0n) is 9.89. The highest BCUT2D eigenvalue weighted by molar-refractivity contribution is 6.43. The van der Waals surface area contributed by atoms with Crippen LogP contribution in [-0.2, 0) is 0 Å². The lowest BCUT2D eigenvalue weighted by molar-refractivity contribution is 0.0963. The molecule has 1 aromatic heterocycles. The van der Waals surface area contributed by atoms with Crippen LogP contribution < -0.4 is 10.6 Å². The van der Waals surface area contributed by atoms with Gasteiger partial charge in [-0.1, -0.05) is 40.9 Å². The van der Waals surface area contributed by atoms with Crippen LogP contribution in [0.25, 0.3) is 0 Å². The molecule has 2 N–H and O–H groups in total. The Bertz CT molecular complexity index is 546. The third-order valence-corrected chi connectivity index (χ3v) is 3.26. The van der Waals surface area contributed by atoms with Crippen molar-refractivity contribution in [2.45, 2.75) is 6.92 Å². The summed E-state index contributed by atoms with van der Waals surface area (Å²) in [6.45, 7) is 5.21. The fraction of sp³-hybridized carbons (Fsp3) is 0.182. The Labute approximate surface area is 124 Å². The Hall–Kier alpha value is -1.30. The topological polar surface area (TPSA) is 71.1 Å². The van der Waals surface area contributed by atoms with E-state index in [1.807, 2.05) is 0 Å². The van der Waals surface area contributed by atoms with Crippen molar-refractivity contribution in [1.82, 2.24) is 15.6 Å². The molecule has 1 heterocycles. The van der Waals surface area contributed by atoms with Crippen LogP contribution >= 0.6 is 34.8 Å². The van der Waals surface area contributed by atoms with Gasteiger partial charge in [-0.05, 0) is 12.5 Å². The summed E-state index contributed by atoms with van der Waals surface area (Å²) in [6, 6.07) is -0.675. The summed E-state index contributed by atoms with van der Waals surface area (Å²) in [7, 11) is 0. The van der Waals surface area contributed by atoms with Crippen LogP contribution in [0.15, 0.2) is 12.7 Å². The zero-order valence-corrected chi connectivity index (χ0v) is 12.2. The number of carbonyl (C=O) groups is 2. The SMILES string of the molecule is C=CCNC(=O)NC(=O)c1c(Cl)nc(Cl)c(Cl)c1C. The number of nitrogens with zero attached hydrogens (tertiary/aromatic N) is 1. The predicted octanol–water partition coefficient (Wildman–Crippen LogP) is 2.98. The van der Waals surface area contributed by atoms with Crippen molar-refractivity contribution in [3.8, 4) is 0 Å². The highest BCUT2D eigenvalue weighted by Gasteiger charge is 2.21. The molecule has 0 unspecified atom stereocenters. The number of hydrogen-bond acceptors (Lipinski definition) is 3. The fourth-order valence-electron chi connectivity index (χ4n) is 1.25. The van der Waals surface area contributed by atoms with Crippen LogP contribution in [0.5, 0.6) is 0 Å². The standard InChI is InChI=1S/C11H10Cl3N3O2/c1-3-4-15-11(19)17-10(18)6-5(2)7(12)9(14)16-8(6)13/h3H,1,4H2,2H3,(H2,15,17,18,19). The molecule has 0 aromatic carbocycles. The molecule has 0 saturated carbocycles. The minimum Gasteiger partial charge on any atom is -0.334 e. The van der Waals surface area contributed by atoms with Gasteiger partial charge >= 0.3 is 6.03 Å². The van der Waals surface area contributed by atoms with Crippen molar-refractivity contribution < 1.29 is 9.59 Å². The van der Waals surface area contributed by atoms with Gasteiger partial charge < -0.3 is 5.32 Å². The second-order valence-electron chi connectivity index (χ2n) is 3.46. The van der Waals surface area contributed by atoms with Gasteiger partial charge in [0.15, 0.2) is 0 Å². The molecule has 8 heteroatoms. The molecule has 0 fully saturated rings. The number of halogens is 3. The largest absolute Gasteiger partial charge is 0.334 e. The van der Waals surface area contributed by atoms with Crippen LogP contribution in [0, 0.1) is 6.92 Å². The molecule has 102 valence electrons. The molecule has 0 aliphatic heterocycles. The van der Waals surface area contributed by atoms with Crippen molar-refractivity contribution in [3.05, 3.63) is 39.1 Å². The first-order chi connectivity index (χ1) is 8.88. The number of amides is 3. The van der Waals surface area contributed by atoms with Crippen molar-refractivity contribution in [3.63, 3.8) is 0 Å². The molecule has 19 heavy (non-hydrogen) atoms. The Morgan fingerprint density at radius 3 is 2.53 bits per heavy atom. The average Bonchev–Trinajstić information content (AvgIpc) is 2.33. The fourth-order valence-corrected chi connectivity index (χ4v) is 1.97. The summed E-state index contributed by atoms with van der Waals surface area (Å²) in [6.07, 6.45) is 1.48. The molecule has 0 saturated heterocycles. The van der Waals surface area contributed by atoms with Crippen LogP contribution in [-0.4, -0.2) is 23.5 Å². The summed E-state index contributed by atoms with van der Waals surface area (Å²) in [5.41, 5.74) is 0.352. The maximum atomic E-state index is 11.9. The molecule has 3 amide bonds. The van der Waals surface area contributed by atoms with Crippen LogP contribution in [0.2, 0.25) is 15.3 Å². The van der Waals surface area contributed by atoms with Crippen LogP contribution in [0.4, 0.5) is 4.79 Å². The summed E-state index contributed by atoms with van der Waals surface area (Å²) < 4.78 is 0. The van der Waals surface area contributed by atoms with E-state index in [1.54, 1.807) is 6.92 Å². The first-order valence-corrected chi connectivity index (χ1v) is 6.23. The van der Waals surface area contributed by atoms with E-state index < -0.39 is 11.9 Å². The second-order valence-corrected chi connectivity index (χ2v) is 4.55. The maximum Gasteiger partial charge on any atom is 0.321 e. The first-order valence-electron chi connectivity index (χ1n) is 5.09. The quantitative estimate of drug-likeness (QED) is 0.664. The highest BCUT2D eigenvalue weighted by atomic mass is 35.5. The molecule has 0 aliphatic rings. The minimum atomic E-state index is -0.713. The number of pyridine rings is 1. The van der Waals surface area contributed by atoms with Crippen molar-refractivity contribution in [2.24, 2.45) is 0 Å². The number of hydrogen-bond donors (Lipinski definition) is 2. The maximum absolute atomic E-state index is 11.9. The molecular formula is C11H10Cl3N3O2. The van der Waals surface area contributed by atoms with E-state index in [4.69, 9.17) is 34.8 Å². The third-order valence-electron chi connectivity index (χ3n) is 2.15. The number of urea groups is 1. The lowest BCUT2D eigenvalue weighted by atomic mass is 10.1. The molecule has 1 aromatic rings. The summed E-state index contributed by atoms with van der Waals surface area (Å²) >= 11 is 17.4. The van der Waals surface area contributed by atoms with Gasteiger partial charge in [-0.3, -0.25) is 10.1 Å². The van der Waals surface area contributed by atoms with Gasteiger partial charge in [-0.15, -0.1) is 6.58 Å². The number of imide groups is 1. The molecule has 5 nitrogen and oxygen atoms in total. The number of carbonyl (C=O) groups excluding carboxylic acids is 2. The van der Waals surface area contributed by atoms with E-state index >= 15 is 0 Å². The van der Waals surface area contributed by atoms with E-state index in [0.29, 0.717) is 5.56 Å². The number of rotatable bonds is 3. The Morgan fingerprint density at radius 2 is 1.95 bits per heavy atom. The average molecular weight is 323 g/mol. The van der Waals surface area contributed by atoms with Gasteiger partial charge in [0.25, 0.3) is 5.91 Å². The van der Waals surface area contributed by atoms with Gasteiger partial charge in [0, 0.05) is 6.54 Å². The van der Waals surface area contributed by atoms with Crippen molar-refractivity contribution >= 4 is 46.7 Å². The smallest absolute Gasteiger partial charge is 0.321 e. The van der Waals surface area contributed by atoms with Crippen molar-refractivity contribution in [1.29, 1.82) is 0 Å². The lowest BCUT2D eigenvalue weighted by Crippen LogP contribution is -2.39. The van der Waals surface area contributed by atoms with Crippen LogP contribution in [0.3, 0.4) is 0 Å². The molecule has 0 bridgehead atoms. The van der Waals surface area contributed by atoms with Gasteiger partial charge in [-0.2, -0.15) is 0 Å². The van der Waals surface area contributed by atoms with Gasteiger partial charge in [0.1, 0.15) is 10.3 Å².